The molecule has 0 aliphatic carbocycles. The van der Waals surface area contributed by atoms with Crippen LogP contribution < -0.4 is 10.6 Å². The Hall–Kier alpha value is -1.36. The molecule has 1 aliphatic heterocycles. The summed E-state index contributed by atoms with van der Waals surface area (Å²) in [6.07, 6.45) is 1.54. The van der Waals surface area contributed by atoms with Crippen LogP contribution in [-0.4, -0.2) is 35.3 Å². The summed E-state index contributed by atoms with van der Waals surface area (Å²) < 4.78 is 5.55. The third-order valence-corrected chi connectivity index (χ3v) is 3.37. The molecule has 0 spiro atoms. The van der Waals surface area contributed by atoms with Crippen molar-refractivity contribution in [1.82, 2.24) is 9.97 Å². The molecule has 0 aromatic carbocycles. The Labute approximate surface area is 108 Å². The molecular weight excluding hydrogens is 228 g/mol. The quantitative estimate of drug-likeness (QED) is 0.867. The van der Waals surface area contributed by atoms with E-state index in [0.717, 1.165) is 24.5 Å². The van der Waals surface area contributed by atoms with E-state index in [4.69, 9.17) is 10.5 Å². The van der Waals surface area contributed by atoms with Gasteiger partial charge < -0.3 is 15.4 Å². The maximum atomic E-state index is 6.01. The first-order valence-corrected chi connectivity index (χ1v) is 6.39. The number of anilines is 2. The number of aromatic nitrogens is 2. The molecule has 5 nitrogen and oxygen atoms in total. The molecule has 1 aromatic rings. The van der Waals surface area contributed by atoms with Crippen LogP contribution in [0.5, 0.6) is 0 Å². The van der Waals surface area contributed by atoms with Crippen molar-refractivity contribution in [2.45, 2.75) is 39.2 Å². The summed E-state index contributed by atoms with van der Waals surface area (Å²) in [7, 11) is 0. The number of hydrogen-bond donors (Lipinski definition) is 1. The van der Waals surface area contributed by atoms with E-state index in [0.29, 0.717) is 18.3 Å². The van der Waals surface area contributed by atoms with Crippen molar-refractivity contribution in [3.05, 3.63) is 11.9 Å². The Bertz CT molecular complexity index is 431. The predicted molar refractivity (Wildman–Crippen MR) is 72.8 cm³/mol. The van der Waals surface area contributed by atoms with Gasteiger partial charge in [-0.05, 0) is 19.8 Å². The average molecular weight is 250 g/mol. The van der Waals surface area contributed by atoms with Crippen molar-refractivity contribution in [2.24, 2.45) is 0 Å². The third-order valence-electron chi connectivity index (χ3n) is 3.37. The van der Waals surface area contributed by atoms with Gasteiger partial charge in [0, 0.05) is 12.1 Å². The van der Waals surface area contributed by atoms with Gasteiger partial charge in [0.1, 0.15) is 18.0 Å². The lowest BCUT2D eigenvalue weighted by Gasteiger charge is -2.44. The molecule has 0 radical (unpaired) electrons. The maximum Gasteiger partial charge on any atom is 0.138 e. The zero-order valence-electron chi connectivity index (χ0n) is 11.6. The normalized spacial score (nSPS) is 19.3. The van der Waals surface area contributed by atoms with Crippen molar-refractivity contribution < 1.29 is 4.74 Å². The van der Waals surface area contributed by atoms with Gasteiger partial charge >= 0.3 is 0 Å². The molecule has 0 saturated carbocycles. The molecule has 2 N–H and O–H groups in total. The highest BCUT2D eigenvalue weighted by Crippen LogP contribution is 2.33. The molecule has 2 heterocycles. The third kappa shape index (κ3) is 2.27. The van der Waals surface area contributed by atoms with Crippen molar-refractivity contribution in [1.29, 1.82) is 0 Å². The smallest absolute Gasteiger partial charge is 0.138 e. The van der Waals surface area contributed by atoms with Crippen molar-refractivity contribution in [3.8, 4) is 0 Å². The monoisotopic (exact) mass is 250 g/mol. The van der Waals surface area contributed by atoms with E-state index in [1.807, 2.05) is 0 Å². The van der Waals surface area contributed by atoms with Gasteiger partial charge in [0.15, 0.2) is 0 Å². The van der Waals surface area contributed by atoms with Gasteiger partial charge in [0.2, 0.25) is 0 Å². The number of hydrogen-bond acceptors (Lipinski definition) is 5. The lowest BCUT2D eigenvalue weighted by atomic mass is 9.98. The second kappa shape index (κ2) is 4.72. The van der Waals surface area contributed by atoms with Crippen LogP contribution in [0.4, 0.5) is 11.6 Å². The predicted octanol–water partition coefficient (Wildman–Crippen LogP) is 1.80. The van der Waals surface area contributed by atoms with Crippen LogP contribution in [0, 0.1) is 0 Å². The van der Waals surface area contributed by atoms with Crippen LogP contribution in [0.25, 0.3) is 0 Å². The lowest BCUT2D eigenvalue weighted by Crippen LogP contribution is -2.54. The molecule has 1 aliphatic rings. The van der Waals surface area contributed by atoms with Gasteiger partial charge in [0.05, 0.1) is 18.8 Å². The van der Waals surface area contributed by atoms with Crippen LogP contribution in [0.1, 0.15) is 39.2 Å². The summed E-state index contributed by atoms with van der Waals surface area (Å²) in [6.45, 7) is 10.8. The molecular formula is C13H22N4O. The second-order valence-corrected chi connectivity index (χ2v) is 5.67. The van der Waals surface area contributed by atoms with E-state index in [1.165, 1.54) is 0 Å². The summed E-state index contributed by atoms with van der Waals surface area (Å²) in [5.41, 5.74) is 6.98. The van der Waals surface area contributed by atoms with Crippen LogP contribution in [0.2, 0.25) is 0 Å². The molecule has 0 unspecified atom stereocenters. The van der Waals surface area contributed by atoms with E-state index in [-0.39, 0.29) is 5.54 Å². The first-order chi connectivity index (χ1) is 8.43. The molecule has 100 valence electrons. The number of nitrogens with two attached hydrogens (primary N) is 1. The Morgan fingerprint density at radius 1 is 1.39 bits per heavy atom. The Morgan fingerprint density at radius 2 is 2.11 bits per heavy atom. The topological polar surface area (TPSA) is 64.3 Å². The van der Waals surface area contributed by atoms with Crippen LogP contribution in [0.3, 0.4) is 0 Å². The number of rotatable bonds is 2. The minimum absolute atomic E-state index is 0.0668. The van der Waals surface area contributed by atoms with Crippen molar-refractivity contribution >= 4 is 11.6 Å². The van der Waals surface area contributed by atoms with Crippen LogP contribution in [0.15, 0.2) is 6.33 Å². The van der Waals surface area contributed by atoms with Gasteiger partial charge in [-0.15, -0.1) is 0 Å². The van der Waals surface area contributed by atoms with E-state index in [9.17, 15) is 0 Å². The summed E-state index contributed by atoms with van der Waals surface area (Å²) in [5.74, 6) is 1.84. The fourth-order valence-electron chi connectivity index (χ4n) is 2.42. The molecule has 0 amide bonds. The van der Waals surface area contributed by atoms with Gasteiger partial charge in [0.25, 0.3) is 0 Å². The largest absolute Gasteiger partial charge is 0.383 e. The Balaban J connectivity index is 2.47. The standard InChI is InChI=1S/C13H22N4O/c1-9(2)10-11(14)15-8-16-12(10)17-5-6-18-7-13(17,3)4/h8-9H,5-7H2,1-4H3,(H2,14,15,16). The van der Waals surface area contributed by atoms with Gasteiger partial charge in [-0.25, -0.2) is 9.97 Å². The molecule has 2 rings (SSSR count). The highest BCUT2D eigenvalue weighted by Gasteiger charge is 2.33. The summed E-state index contributed by atoms with van der Waals surface area (Å²) in [4.78, 5) is 10.9. The number of morpholine rings is 1. The van der Waals surface area contributed by atoms with Gasteiger partial charge in [-0.2, -0.15) is 0 Å². The minimum Gasteiger partial charge on any atom is -0.383 e. The van der Waals surface area contributed by atoms with E-state index < -0.39 is 0 Å². The van der Waals surface area contributed by atoms with E-state index >= 15 is 0 Å². The van der Waals surface area contributed by atoms with Crippen LogP contribution >= 0.6 is 0 Å². The highest BCUT2D eigenvalue weighted by molar-refractivity contribution is 5.59. The second-order valence-electron chi connectivity index (χ2n) is 5.67. The van der Waals surface area contributed by atoms with Crippen LogP contribution in [-0.2, 0) is 4.74 Å². The summed E-state index contributed by atoms with van der Waals surface area (Å²) in [5, 5.41) is 0. The molecule has 0 bridgehead atoms. The number of nitrogen functional groups attached to an aromatic ring is 1. The molecule has 18 heavy (non-hydrogen) atoms. The van der Waals surface area contributed by atoms with Crippen molar-refractivity contribution in [3.63, 3.8) is 0 Å². The van der Waals surface area contributed by atoms with E-state index in [1.54, 1.807) is 6.33 Å². The zero-order chi connectivity index (χ0) is 13.3. The summed E-state index contributed by atoms with van der Waals surface area (Å²) >= 11 is 0. The Morgan fingerprint density at radius 3 is 2.72 bits per heavy atom. The molecule has 1 saturated heterocycles. The highest BCUT2D eigenvalue weighted by atomic mass is 16.5. The Kier molecular flexibility index (Phi) is 3.43. The average Bonchev–Trinajstić information content (AvgIpc) is 2.27. The molecule has 1 fully saturated rings. The molecule has 0 atom stereocenters. The molecule has 5 heteroatoms. The van der Waals surface area contributed by atoms with E-state index in [2.05, 4.69) is 42.6 Å². The fourth-order valence-corrected chi connectivity index (χ4v) is 2.42. The first-order valence-electron chi connectivity index (χ1n) is 6.39. The number of ether oxygens (including phenoxy) is 1. The SMILES string of the molecule is CC(C)c1c(N)ncnc1N1CCOCC1(C)C. The van der Waals surface area contributed by atoms with Gasteiger partial charge in [-0.3, -0.25) is 0 Å². The van der Waals surface area contributed by atoms with Gasteiger partial charge in [-0.1, -0.05) is 13.8 Å². The van der Waals surface area contributed by atoms with Crippen molar-refractivity contribution in [2.75, 3.05) is 30.4 Å². The minimum atomic E-state index is -0.0668. The maximum absolute atomic E-state index is 6.01. The first kappa shape index (κ1) is 13.1. The summed E-state index contributed by atoms with van der Waals surface area (Å²) in [6, 6.07) is 0. The number of nitrogens with zero attached hydrogens (tertiary/aromatic N) is 3. The molecule has 1 aromatic heterocycles. The zero-order valence-corrected chi connectivity index (χ0v) is 11.6. The fraction of sp³-hybridized carbons (Fsp3) is 0.692. The lowest BCUT2D eigenvalue weighted by molar-refractivity contribution is 0.0637.